The number of halogens is 3. The van der Waals surface area contributed by atoms with Crippen molar-refractivity contribution in [2.75, 3.05) is 0 Å². The first-order chi connectivity index (χ1) is 9.52. The fourth-order valence-electron chi connectivity index (χ4n) is 1.53. The maximum Gasteiger partial charge on any atom is 0.305 e. The van der Waals surface area contributed by atoms with Crippen molar-refractivity contribution in [1.29, 1.82) is 0 Å². The summed E-state index contributed by atoms with van der Waals surface area (Å²) < 4.78 is 28.9. The summed E-state index contributed by atoms with van der Waals surface area (Å²) in [6.45, 7) is 5.20. The van der Waals surface area contributed by atoms with Gasteiger partial charge in [0.1, 0.15) is 10.6 Å². The molecule has 0 aliphatic carbocycles. The summed E-state index contributed by atoms with van der Waals surface area (Å²) in [5.41, 5.74) is 0.0642. The minimum absolute atomic E-state index is 0.0642. The van der Waals surface area contributed by atoms with Crippen molar-refractivity contribution in [3.63, 3.8) is 0 Å². The molecule has 0 spiro atoms. The van der Waals surface area contributed by atoms with Crippen LogP contribution in [0.2, 0.25) is 5.02 Å². The highest BCUT2D eigenvalue weighted by Crippen LogP contribution is 2.31. The second-order valence-electron chi connectivity index (χ2n) is 5.44. The number of carboxylic acids is 1. The molecule has 0 fully saturated rings. The first-order valence-corrected chi connectivity index (χ1v) is 8.38. The van der Waals surface area contributed by atoms with E-state index < -0.39 is 40.4 Å². The van der Waals surface area contributed by atoms with Crippen molar-refractivity contribution < 1.29 is 18.8 Å². The maximum absolute atomic E-state index is 14.1. The average Bonchev–Trinajstić information content (AvgIpc) is 2.31. The van der Waals surface area contributed by atoms with Gasteiger partial charge in [-0.1, -0.05) is 27.5 Å². The molecule has 0 amide bonds. The van der Waals surface area contributed by atoms with Crippen LogP contribution in [0.5, 0.6) is 0 Å². The van der Waals surface area contributed by atoms with E-state index in [2.05, 4.69) is 20.7 Å². The van der Waals surface area contributed by atoms with E-state index >= 15 is 0 Å². The third-order valence-corrected chi connectivity index (χ3v) is 4.92. The van der Waals surface area contributed by atoms with Crippen molar-refractivity contribution in [3.05, 3.63) is 33.0 Å². The first-order valence-electron chi connectivity index (χ1n) is 6.06. The second-order valence-corrected chi connectivity index (χ2v) is 8.76. The van der Waals surface area contributed by atoms with E-state index in [0.29, 0.717) is 4.47 Å². The zero-order valence-electron chi connectivity index (χ0n) is 11.7. The van der Waals surface area contributed by atoms with E-state index in [9.17, 15) is 13.7 Å². The highest BCUT2D eigenvalue weighted by Gasteiger charge is 2.32. The summed E-state index contributed by atoms with van der Waals surface area (Å²) in [6.07, 6.45) is -0.411. The minimum atomic E-state index is -1.54. The lowest BCUT2D eigenvalue weighted by molar-refractivity contribution is -0.137. The van der Waals surface area contributed by atoms with Crippen molar-refractivity contribution in [2.24, 2.45) is 0 Å². The molecule has 2 atom stereocenters. The van der Waals surface area contributed by atoms with E-state index in [0.717, 1.165) is 0 Å². The van der Waals surface area contributed by atoms with Crippen LogP contribution in [0.4, 0.5) is 4.39 Å². The lowest BCUT2D eigenvalue weighted by Gasteiger charge is -2.28. The number of nitrogens with one attached hydrogen (secondary N) is 1. The summed E-state index contributed by atoms with van der Waals surface area (Å²) in [7, 11) is 0. The quantitative estimate of drug-likeness (QED) is 0.582. The summed E-state index contributed by atoms with van der Waals surface area (Å²) in [5.74, 6) is -1.85. The van der Waals surface area contributed by atoms with E-state index in [-0.39, 0.29) is 10.6 Å². The topological polar surface area (TPSA) is 72.4 Å². The molecule has 0 heterocycles. The van der Waals surface area contributed by atoms with Crippen molar-refractivity contribution in [3.8, 4) is 0 Å². The number of hydrogen-bond donors (Lipinski definition) is 2. The summed E-state index contributed by atoms with van der Waals surface area (Å²) in [6, 6.07) is 1.86. The van der Waals surface area contributed by atoms with Crippen LogP contribution in [0, 0.1) is 5.82 Å². The molecule has 118 valence electrons. The van der Waals surface area contributed by atoms with Gasteiger partial charge in [-0.15, -0.1) is 4.72 Å². The normalized spacial score (nSPS) is 14.8. The molecule has 0 saturated heterocycles. The number of hydrogen-bond acceptors (Lipinski definition) is 3. The minimum Gasteiger partial charge on any atom is -0.598 e. The molecule has 0 bridgehead atoms. The Bertz CT molecular complexity index is 539. The average molecular weight is 401 g/mol. The van der Waals surface area contributed by atoms with Crippen LogP contribution in [0.15, 0.2) is 16.6 Å². The Labute approximate surface area is 139 Å². The van der Waals surface area contributed by atoms with E-state index in [1.807, 2.05) is 0 Å². The van der Waals surface area contributed by atoms with Gasteiger partial charge in [0.2, 0.25) is 0 Å². The molecule has 8 heteroatoms. The predicted molar refractivity (Wildman–Crippen MR) is 85.1 cm³/mol. The molecule has 0 radical (unpaired) electrons. The fourth-order valence-corrected chi connectivity index (χ4v) is 3.18. The highest BCUT2D eigenvalue weighted by atomic mass is 79.9. The van der Waals surface area contributed by atoms with Crippen LogP contribution in [0.1, 0.15) is 38.8 Å². The third kappa shape index (κ3) is 5.41. The van der Waals surface area contributed by atoms with Crippen LogP contribution in [0.25, 0.3) is 0 Å². The highest BCUT2D eigenvalue weighted by molar-refractivity contribution is 9.10. The third-order valence-electron chi connectivity index (χ3n) is 2.58. The van der Waals surface area contributed by atoms with E-state index in [4.69, 9.17) is 16.7 Å². The Hall–Kier alpha value is -0.340. The van der Waals surface area contributed by atoms with E-state index in [1.165, 1.54) is 12.1 Å². The van der Waals surface area contributed by atoms with Crippen LogP contribution in [-0.2, 0) is 16.2 Å². The van der Waals surface area contributed by atoms with Crippen molar-refractivity contribution in [1.82, 2.24) is 4.72 Å². The van der Waals surface area contributed by atoms with Gasteiger partial charge in [0, 0.05) is 21.4 Å². The Morgan fingerprint density at radius 2 is 2.14 bits per heavy atom. The Morgan fingerprint density at radius 1 is 1.57 bits per heavy atom. The van der Waals surface area contributed by atoms with Gasteiger partial charge in [-0.05, 0) is 32.9 Å². The molecule has 1 aromatic carbocycles. The van der Waals surface area contributed by atoms with Crippen LogP contribution >= 0.6 is 27.5 Å². The summed E-state index contributed by atoms with van der Waals surface area (Å²) in [4.78, 5) is 11.0. The van der Waals surface area contributed by atoms with Gasteiger partial charge in [0.25, 0.3) is 0 Å². The Kier molecular flexibility index (Phi) is 6.49. The second kappa shape index (κ2) is 7.28. The van der Waals surface area contributed by atoms with Gasteiger partial charge in [0.05, 0.1) is 17.5 Å². The zero-order chi connectivity index (χ0) is 16.4. The molecule has 0 saturated carbocycles. The molecule has 1 aromatic rings. The number of carbonyl (C=O) groups is 1. The monoisotopic (exact) mass is 399 g/mol. The van der Waals surface area contributed by atoms with Gasteiger partial charge in [-0.3, -0.25) is 4.79 Å². The molecule has 0 aliphatic rings. The number of benzene rings is 1. The van der Waals surface area contributed by atoms with Gasteiger partial charge in [0.15, 0.2) is 0 Å². The maximum atomic E-state index is 14.1. The summed E-state index contributed by atoms with van der Waals surface area (Å²) in [5, 5.41) is 8.86. The van der Waals surface area contributed by atoms with Crippen LogP contribution in [0.3, 0.4) is 0 Å². The largest absolute Gasteiger partial charge is 0.598 e. The van der Waals surface area contributed by atoms with Crippen molar-refractivity contribution >= 4 is 44.9 Å². The van der Waals surface area contributed by atoms with Crippen LogP contribution in [-0.4, -0.2) is 20.4 Å². The molecule has 0 unspecified atom stereocenters. The Morgan fingerprint density at radius 3 is 2.62 bits per heavy atom. The molecule has 0 aliphatic heterocycles. The zero-order valence-corrected chi connectivity index (χ0v) is 14.9. The van der Waals surface area contributed by atoms with Crippen molar-refractivity contribution in [2.45, 2.75) is 38.0 Å². The number of carboxylic acid groups (broad SMARTS) is 1. The molecular formula is C13H16BrClFNO3S. The molecular weight excluding hydrogens is 385 g/mol. The first kappa shape index (κ1) is 18.7. The van der Waals surface area contributed by atoms with Gasteiger partial charge in [-0.2, -0.15) is 0 Å². The Balaban J connectivity index is 3.17. The molecule has 4 nitrogen and oxygen atoms in total. The summed E-state index contributed by atoms with van der Waals surface area (Å²) >= 11 is 7.41. The van der Waals surface area contributed by atoms with Gasteiger partial charge in [-0.25, -0.2) is 4.39 Å². The van der Waals surface area contributed by atoms with Gasteiger partial charge >= 0.3 is 5.97 Å². The lowest BCUT2D eigenvalue weighted by Crippen LogP contribution is -2.42. The smallest absolute Gasteiger partial charge is 0.305 e. The standard InChI is InChI=1S/C13H16BrClFNO3S/c1-13(2,3)21(20)17-10(6-11(18)19)8-4-7(14)5-9(15)12(8)16/h4-5,10,17H,6H2,1-3H3,(H,18,19)/t10-,21+/m0/s1. The SMILES string of the molecule is CC(C)(C)[S@@+]([O-])N[C@@H](CC(=O)O)c1cc(Br)cc(Cl)c1F. The fraction of sp³-hybridized carbons (Fsp3) is 0.462. The molecule has 21 heavy (non-hydrogen) atoms. The predicted octanol–water partition coefficient (Wildman–Crippen LogP) is 3.81. The molecule has 0 aromatic heterocycles. The van der Waals surface area contributed by atoms with Crippen LogP contribution < -0.4 is 4.72 Å². The van der Waals surface area contributed by atoms with E-state index in [1.54, 1.807) is 20.8 Å². The molecule has 1 rings (SSSR count). The van der Waals surface area contributed by atoms with Gasteiger partial charge < -0.3 is 9.66 Å². The number of rotatable bonds is 5. The lowest BCUT2D eigenvalue weighted by atomic mass is 10.0. The molecule has 2 N–H and O–H groups in total. The number of aliphatic carboxylic acids is 1.